The van der Waals surface area contributed by atoms with E-state index in [1.54, 1.807) is 18.2 Å². The molecule has 1 aromatic heterocycles. The highest BCUT2D eigenvalue weighted by molar-refractivity contribution is 5.75. The Morgan fingerprint density at radius 3 is 2.19 bits per heavy atom. The Kier molecular flexibility index (Phi) is 8.51. The van der Waals surface area contributed by atoms with Gasteiger partial charge in [-0.25, -0.2) is 4.79 Å². The molecule has 0 saturated carbocycles. The van der Waals surface area contributed by atoms with Crippen molar-refractivity contribution >= 4 is 6.03 Å². The lowest BCUT2D eigenvalue weighted by molar-refractivity contribution is -0.139. The van der Waals surface area contributed by atoms with Gasteiger partial charge in [0, 0.05) is 12.7 Å². The molecule has 12 heteroatoms. The van der Waals surface area contributed by atoms with Crippen LogP contribution >= 0.6 is 0 Å². The zero-order valence-corrected chi connectivity index (χ0v) is 19.7. The molecule has 198 valence electrons. The third kappa shape index (κ3) is 7.05. The van der Waals surface area contributed by atoms with Gasteiger partial charge in [0.25, 0.3) is 0 Å². The number of nitrogens with zero attached hydrogens (tertiary/aromatic N) is 1. The molecule has 0 fully saturated rings. The van der Waals surface area contributed by atoms with Crippen molar-refractivity contribution in [1.29, 1.82) is 0 Å². The minimum atomic E-state index is -4.81. The maximum absolute atomic E-state index is 13.7. The highest BCUT2D eigenvalue weighted by Crippen LogP contribution is 2.36. The predicted octanol–water partition coefficient (Wildman–Crippen LogP) is 5.77. The van der Waals surface area contributed by atoms with E-state index in [2.05, 4.69) is 15.6 Å². The topological polar surface area (TPSA) is 72.5 Å². The van der Waals surface area contributed by atoms with Crippen LogP contribution in [0.2, 0.25) is 0 Å². The van der Waals surface area contributed by atoms with Crippen molar-refractivity contribution in [3.8, 4) is 11.5 Å². The molecule has 2 N–H and O–H groups in total. The fraction of sp³-hybridized carbons (Fsp3) is 0.280. The molecule has 0 aliphatic carbocycles. The van der Waals surface area contributed by atoms with Gasteiger partial charge in [0.15, 0.2) is 11.5 Å². The Bertz CT molecular complexity index is 1210. The number of hydrogen-bond donors (Lipinski definition) is 2. The second-order valence-corrected chi connectivity index (χ2v) is 7.83. The number of alkyl halides is 6. The molecule has 2 amide bonds. The first-order valence-corrected chi connectivity index (χ1v) is 10.9. The van der Waals surface area contributed by atoms with Gasteiger partial charge in [-0.2, -0.15) is 26.3 Å². The van der Waals surface area contributed by atoms with Crippen LogP contribution in [-0.4, -0.2) is 31.8 Å². The third-order valence-electron chi connectivity index (χ3n) is 5.41. The molecule has 1 atom stereocenters. The van der Waals surface area contributed by atoms with Crippen molar-refractivity contribution in [1.82, 2.24) is 15.6 Å². The molecule has 0 radical (unpaired) electrons. The van der Waals surface area contributed by atoms with Crippen LogP contribution in [-0.2, 0) is 18.8 Å². The summed E-state index contributed by atoms with van der Waals surface area (Å²) in [5, 5.41) is 4.96. The summed E-state index contributed by atoms with van der Waals surface area (Å²) in [6, 6.07) is 8.21. The number of aromatic nitrogens is 1. The number of rotatable bonds is 8. The maximum atomic E-state index is 13.7. The second-order valence-electron chi connectivity index (χ2n) is 7.83. The van der Waals surface area contributed by atoms with E-state index in [4.69, 9.17) is 9.47 Å². The smallest absolute Gasteiger partial charge is 0.418 e. The van der Waals surface area contributed by atoms with Crippen LogP contribution in [0.25, 0.3) is 0 Å². The standard InChI is InChI=1S/C25H23F6N3O3/c1-36-19-10-5-15(14-20(19)37-2)11-13-33-23(35)34-21(16-6-8-17(9-7-16)24(26,27)28)22-18(25(29,30)31)4-3-12-32-22/h3-10,12,14,21H,11,13H2,1-2H3,(H2,33,34,35). The average molecular weight is 527 g/mol. The van der Waals surface area contributed by atoms with Crippen molar-refractivity contribution in [2.24, 2.45) is 0 Å². The van der Waals surface area contributed by atoms with Crippen molar-refractivity contribution in [2.45, 2.75) is 24.8 Å². The van der Waals surface area contributed by atoms with Crippen LogP contribution in [0.3, 0.4) is 0 Å². The highest BCUT2D eigenvalue weighted by Gasteiger charge is 2.37. The van der Waals surface area contributed by atoms with Crippen LogP contribution in [0.5, 0.6) is 11.5 Å². The summed E-state index contributed by atoms with van der Waals surface area (Å²) < 4.78 is 90.3. The molecule has 0 bridgehead atoms. The summed E-state index contributed by atoms with van der Waals surface area (Å²) in [4.78, 5) is 16.4. The zero-order chi connectivity index (χ0) is 27.2. The maximum Gasteiger partial charge on any atom is 0.418 e. The van der Waals surface area contributed by atoms with Crippen molar-refractivity contribution < 1.29 is 40.6 Å². The number of methoxy groups -OCH3 is 2. The van der Waals surface area contributed by atoms with E-state index in [-0.39, 0.29) is 12.1 Å². The third-order valence-corrected chi connectivity index (χ3v) is 5.41. The predicted molar refractivity (Wildman–Crippen MR) is 122 cm³/mol. The largest absolute Gasteiger partial charge is 0.493 e. The lowest BCUT2D eigenvalue weighted by Gasteiger charge is -2.23. The minimum Gasteiger partial charge on any atom is -0.493 e. The molecule has 1 heterocycles. The van der Waals surface area contributed by atoms with Gasteiger partial charge in [-0.05, 0) is 53.9 Å². The zero-order valence-electron chi connectivity index (χ0n) is 19.7. The summed E-state index contributed by atoms with van der Waals surface area (Å²) in [7, 11) is 2.96. The Morgan fingerprint density at radius 1 is 0.919 bits per heavy atom. The number of carbonyl (C=O) groups is 1. The van der Waals surface area contributed by atoms with Crippen LogP contribution in [0.4, 0.5) is 31.1 Å². The van der Waals surface area contributed by atoms with Crippen molar-refractivity contribution in [3.63, 3.8) is 0 Å². The molecular formula is C25H23F6N3O3. The summed E-state index contributed by atoms with van der Waals surface area (Å²) in [6.07, 6.45) is -7.97. The van der Waals surface area contributed by atoms with Gasteiger partial charge in [0.05, 0.1) is 37.1 Å². The number of urea groups is 1. The van der Waals surface area contributed by atoms with E-state index in [0.717, 1.165) is 48.2 Å². The molecule has 3 aromatic rings. The fourth-order valence-corrected chi connectivity index (χ4v) is 3.60. The normalized spacial score (nSPS) is 12.5. The first-order valence-electron chi connectivity index (χ1n) is 10.9. The second kappa shape index (κ2) is 11.4. The van der Waals surface area contributed by atoms with Gasteiger partial charge in [-0.1, -0.05) is 18.2 Å². The van der Waals surface area contributed by atoms with E-state index in [1.165, 1.54) is 14.2 Å². The lowest BCUT2D eigenvalue weighted by Crippen LogP contribution is -2.40. The number of halogens is 6. The molecular weight excluding hydrogens is 504 g/mol. The van der Waals surface area contributed by atoms with Gasteiger partial charge < -0.3 is 20.1 Å². The molecule has 37 heavy (non-hydrogen) atoms. The first kappa shape index (κ1) is 27.6. The minimum absolute atomic E-state index is 0.00718. The van der Waals surface area contributed by atoms with E-state index in [9.17, 15) is 31.1 Å². The molecule has 2 aromatic carbocycles. The van der Waals surface area contributed by atoms with Crippen molar-refractivity contribution in [3.05, 3.63) is 88.7 Å². The van der Waals surface area contributed by atoms with Gasteiger partial charge in [-0.15, -0.1) is 0 Å². The van der Waals surface area contributed by atoms with E-state index in [1.807, 2.05) is 0 Å². The molecule has 3 rings (SSSR count). The van der Waals surface area contributed by atoms with Crippen LogP contribution in [0, 0.1) is 0 Å². The molecule has 0 aliphatic rings. The number of benzene rings is 2. The number of ether oxygens (including phenoxy) is 2. The quantitative estimate of drug-likeness (QED) is 0.365. The summed E-state index contributed by atoms with van der Waals surface area (Å²) in [5.74, 6) is 1.01. The molecule has 0 saturated heterocycles. The van der Waals surface area contributed by atoms with Gasteiger partial charge in [0.2, 0.25) is 0 Å². The summed E-state index contributed by atoms with van der Waals surface area (Å²) in [6.45, 7) is 0.107. The average Bonchev–Trinajstić information content (AvgIpc) is 2.86. The van der Waals surface area contributed by atoms with E-state index < -0.39 is 41.2 Å². The fourth-order valence-electron chi connectivity index (χ4n) is 3.60. The Morgan fingerprint density at radius 2 is 1.59 bits per heavy atom. The molecule has 0 aliphatic heterocycles. The molecule has 6 nitrogen and oxygen atoms in total. The summed E-state index contributed by atoms with van der Waals surface area (Å²) in [5.41, 5.74) is -1.87. The van der Waals surface area contributed by atoms with Gasteiger partial charge in [-0.3, -0.25) is 4.98 Å². The molecule has 1 unspecified atom stereocenters. The van der Waals surface area contributed by atoms with E-state index in [0.29, 0.717) is 17.9 Å². The number of pyridine rings is 1. The highest BCUT2D eigenvalue weighted by atomic mass is 19.4. The Hall–Kier alpha value is -3.96. The van der Waals surface area contributed by atoms with Gasteiger partial charge in [0.1, 0.15) is 0 Å². The number of carbonyl (C=O) groups excluding carboxylic acids is 1. The monoisotopic (exact) mass is 527 g/mol. The Labute approximate surface area is 208 Å². The first-order chi connectivity index (χ1) is 17.4. The summed E-state index contributed by atoms with van der Waals surface area (Å²) >= 11 is 0. The Balaban J connectivity index is 1.81. The number of hydrogen-bond acceptors (Lipinski definition) is 4. The molecule has 0 spiro atoms. The number of amides is 2. The van der Waals surface area contributed by atoms with Crippen LogP contribution in [0.1, 0.15) is 34.0 Å². The number of nitrogens with one attached hydrogen (secondary N) is 2. The van der Waals surface area contributed by atoms with Crippen LogP contribution in [0.15, 0.2) is 60.8 Å². The van der Waals surface area contributed by atoms with Gasteiger partial charge >= 0.3 is 18.4 Å². The van der Waals surface area contributed by atoms with Crippen LogP contribution < -0.4 is 20.1 Å². The SMILES string of the molecule is COc1ccc(CCNC(=O)NC(c2ccc(C(F)(F)F)cc2)c2ncccc2C(F)(F)F)cc1OC. The van der Waals surface area contributed by atoms with E-state index >= 15 is 0 Å². The lowest BCUT2D eigenvalue weighted by atomic mass is 9.98. The van der Waals surface area contributed by atoms with Crippen molar-refractivity contribution in [2.75, 3.05) is 20.8 Å².